The molecule has 2 atom stereocenters. The Labute approximate surface area is 123 Å². The Hall–Kier alpha value is -1.52. The van der Waals surface area contributed by atoms with E-state index >= 15 is 0 Å². The number of fused-ring (bicyclic) bond motifs is 1. The van der Waals surface area contributed by atoms with E-state index in [0.717, 1.165) is 17.7 Å². The fourth-order valence-corrected chi connectivity index (χ4v) is 3.65. The largest absolute Gasteiger partial charge is 0.508 e. The van der Waals surface area contributed by atoms with Crippen molar-refractivity contribution in [3.05, 3.63) is 45.6 Å². The van der Waals surface area contributed by atoms with Crippen LogP contribution in [0.1, 0.15) is 28.3 Å². The average molecular weight is 289 g/mol. The molecule has 3 nitrogen and oxygen atoms in total. The molecule has 2 N–H and O–H groups in total. The molecule has 1 aromatic carbocycles. The van der Waals surface area contributed by atoms with Gasteiger partial charge in [-0.1, -0.05) is 0 Å². The smallest absolute Gasteiger partial charge is 0.127 e. The fraction of sp³-hybridized carbons (Fsp3) is 0.375. The van der Waals surface area contributed by atoms with Crippen LogP contribution in [0.25, 0.3) is 0 Å². The highest BCUT2D eigenvalue weighted by Crippen LogP contribution is 2.35. The van der Waals surface area contributed by atoms with Gasteiger partial charge in [-0.25, -0.2) is 0 Å². The van der Waals surface area contributed by atoms with Gasteiger partial charge in [0.1, 0.15) is 18.1 Å². The highest BCUT2D eigenvalue weighted by Gasteiger charge is 2.25. The molecule has 4 heteroatoms. The maximum atomic E-state index is 9.46. The van der Waals surface area contributed by atoms with Gasteiger partial charge in [-0.15, -0.1) is 11.3 Å². The van der Waals surface area contributed by atoms with E-state index in [-0.39, 0.29) is 11.8 Å². The van der Waals surface area contributed by atoms with Crippen molar-refractivity contribution in [2.45, 2.75) is 32.4 Å². The first-order valence-electron chi connectivity index (χ1n) is 6.89. The van der Waals surface area contributed by atoms with Gasteiger partial charge in [-0.05, 0) is 44.5 Å². The van der Waals surface area contributed by atoms with E-state index in [1.54, 1.807) is 12.1 Å². The number of phenolic OH excluding ortho intramolecular Hbond substituents is 1. The summed E-state index contributed by atoms with van der Waals surface area (Å²) in [6, 6.07) is 10.3. The van der Waals surface area contributed by atoms with Gasteiger partial charge in [0.05, 0.1) is 6.04 Å². The number of hydrogen-bond acceptors (Lipinski definition) is 4. The number of ether oxygens (including phenoxy) is 1. The van der Waals surface area contributed by atoms with Crippen molar-refractivity contribution < 1.29 is 9.84 Å². The molecule has 2 unspecified atom stereocenters. The zero-order valence-electron chi connectivity index (χ0n) is 11.7. The average Bonchev–Trinajstić information content (AvgIpc) is 2.96. The van der Waals surface area contributed by atoms with Crippen LogP contribution in [-0.2, 0) is 6.42 Å². The number of nitrogens with one attached hydrogen (secondary N) is 1. The second-order valence-corrected chi connectivity index (χ2v) is 6.74. The van der Waals surface area contributed by atoms with Gasteiger partial charge in [-0.3, -0.25) is 0 Å². The number of hydrogen-bond donors (Lipinski definition) is 2. The number of phenols is 1. The normalized spacial score (nSPS) is 18.6. The molecule has 0 radical (unpaired) electrons. The van der Waals surface area contributed by atoms with E-state index in [9.17, 15) is 5.11 Å². The minimum absolute atomic E-state index is 0.210. The summed E-state index contributed by atoms with van der Waals surface area (Å²) in [5, 5.41) is 13.1. The third-order valence-electron chi connectivity index (χ3n) is 3.57. The van der Waals surface area contributed by atoms with E-state index in [2.05, 4.69) is 31.3 Å². The Bertz CT molecular complexity index is 608. The fourth-order valence-electron chi connectivity index (χ4n) is 2.64. The molecule has 2 heterocycles. The van der Waals surface area contributed by atoms with Gasteiger partial charge in [0, 0.05) is 27.4 Å². The summed E-state index contributed by atoms with van der Waals surface area (Å²) < 4.78 is 5.63. The number of aryl methyl sites for hydroxylation is 1. The Morgan fingerprint density at radius 1 is 1.40 bits per heavy atom. The number of rotatable bonds is 4. The SMILES string of the molecule is Cc1ccc(CC(C)NC2COc3cc(O)ccc32)s1. The van der Waals surface area contributed by atoms with Crippen molar-refractivity contribution in [2.75, 3.05) is 6.61 Å². The Morgan fingerprint density at radius 3 is 3.00 bits per heavy atom. The topological polar surface area (TPSA) is 41.5 Å². The molecule has 3 rings (SSSR count). The number of thiophene rings is 1. The van der Waals surface area contributed by atoms with Crippen LogP contribution >= 0.6 is 11.3 Å². The molecule has 1 aliphatic rings. The van der Waals surface area contributed by atoms with Crippen LogP contribution in [0, 0.1) is 6.92 Å². The van der Waals surface area contributed by atoms with Crippen LogP contribution in [0.2, 0.25) is 0 Å². The highest BCUT2D eigenvalue weighted by atomic mass is 32.1. The van der Waals surface area contributed by atoms with Gasteiger partial charge in [0.2, 0.25) is 0 Å². The molecule has 0 fully saturated rings. The van der Waals surface area contributed by atoms with Crippen molar-refractivity contribution >= 4 is 11.3 Å². The summed E-state index contributed by atoms with van der Waals surface area (Å²) in [4.78, 5) is 2.77. The second kappa shape index (κ2) is 5.46. The molecule has 2 aromatic rings. The Morgan fingerprint density at radius 2 is 2.25 bits per heavy atom. The standard InChI is InChI=1S/C16H19NO2S/c1-10(7-13-5-3-11(2)20-13)17-15-9-19-16-8-12(18)4-6-14(15)16/h3-6,8,10,15,17-18H,7,9H2,1-2H3. The monoisotopic (exact) mass is 289 g/mol. The van der Waals surface area contributed by atoms with Crippen molar-refractivity contribution in [3.8, 4) is 11.5 Å². The van der Waals surface area contributed by atoms with Gasteiger partial charge in [0.25, 0.3) is 0 Å². The highest BCUT2D eigenvalue weighted by molar-refractivity contribution is 7.11. The maximum absolute atomic E-state index is 9.46. The first-order chi connectivity index (χ1) is 9.61. The molecule has 0 bridgehead atoms. The Balaban J connectivity index is 1.65. The summed E-state index contributed by atoms with van der Waals surface area (Å²) in [5.74, 6) is 1.05. The predicted octanol–water partition coefficient (Wildman–Crippen LogP) is 3.42. The van der Waals surface area contributed by atoms with Crippen molar-refractivity contribution in [2.24, 2.45) is 0 Å². The van der Waals surface area contributed by atoms with Gasteiger partial charge >= 0.3 is 0 Å². The summed E-state index contributed by atoms with van der Waals surface area (Å²) in [7, 11) is 0. The molecular formula is C16H19NO2S. The van der Waals surface area contributed by atoms with Gasteiger partial charge in [-0.2, -0.15) is 0 Å². The van der Waals surface area contributed by atoms with E-state index in [1.807, 2.05) is 17.4 Å². The molecule has 20 heavy (non-hydrogen) atoms. The number of aromatic hydroxyl groups is 1. The third-order valence-corrected chi connectivity index (χ3v) is 4.59. The first kappa shape index (κ1) is 13.5. The van der Waals surface area contributed by atoms with E-state index < -0.39 is 0 Å². The van der Waals surface area contributed by atoms with Crippen LogP contribution in [0.15, 0.2) is 30.3 Å². The third kappa shape index (κ3) is 2.81. The van der Waals surface area contributed by atoms with E-state index in [4.69, 9.17) is 4.74 Å². The van der Waals surface area contributed by atoms with E-state index in [1.165, 1.54) is 9.75 Å². The van der Waals surface area contributed by atoms with Crippen LogP contribution in [0.3, 0.4) is 0 Å². The summed E-state index contributed by atoms with van der Waals surface area (Å²) in [5.41, 5.74) is 1.14. The molecule has 0 saturated heterocycles. The molecular weight excluding hydrogens is 270 g/mol. The van der Waals surface area contributed by atoms with Crippen LogP contribution < -0.4 is 10.1 Å². The van der Waals surface area contributed by atoms with E-state index in [0.29, 0.717) is 12.6 Å². The molecule has 0 saturated carbocycles. The summed E-state index contributed by atoms with van der Waals surface area (Å²) >= 11 is 1.86. The van der Waals surface area contributed by atoms with Crippen molar-refractivity contribution in [3.63, 3.8) is 0 Å². The zero-order chi connectivity index (χ0) is 14.1. The van der Waals surface area contributed by atoms with Crippen LogP contribution in [0.4, 0.5) is 0 Å². The quantitative estimate of drug-likeness (QED) is 0.906. The summed E-state index contributed by atoms with van der Waals surface area (Å²) in [6.07, 6.45) is 1.03. The Kier molecular flexibility index (Phi) is 3.68. The van der Waals surface area contributed by atoms with Gasteiger partial charge in [0.15, 0.2) is 0 Å². The minimum atomic E-state index is 0.210. The molecule has 0 amide bonds. The summed E-state index contributed by atoms with van der Waals surface area (Å²) in [6.45, 7) is 4.97. The van der Waals surface area contributed by atoms with Crippen LogP contribution in [0.5, 0.6) is 11.5 Å². The first-order valence-corrected chi connectivity index (χ1v) is 7.70. The van der Waals surface area contributed by atoms with Crippen molar-refractivity contribution in [1.29, 1.82) is 0 Å². The lowest BCUT2D eigenvalue weighted by molar-refractivity contribution is 0.299. The molecule has 106 valence electrons. The van der Waals surface area contributed by atoms with Crippen molar-refractivity contribution in [1.82, 2.24) is 5.32 Å². The molecule has 1 aromatic heterocycles. The lowest BCUT2D eigenvalue weighted by atomic mass is 10.1. The lowest BCUT2D eigenvalue weighted by Gasteiger charge is -2.18. The molecule has 1 aliphatic heterocycles. The maximum Gasteiger partial charge on any atom is 0.127 e. The second-order valence-electron chi connectivity index (χ2n) is 5.37. The molecule has 0 spiro atoms. The predicted molar refractivity (Wildman–Crippen MR) is 81.7 cm³/mol. The lowest BCUT2D eigenvalue weighted by Crippen LogP contribution is -2.32. The van der Waals surface area contributed by atoms with Crippen LogP contribution in [-0.4, -0.2) is 17.8 Å². The number of benzene rings is 1. The molecule has 0 aliphatic carbocycles. The zero-order valence-corrected chi connectivity index (χ0v) is 12.5. The minimum Gasteiger partial charge on any atom is -0.508 e. The van der Waals surface area contributed by atoms with Gasteiger partial charge < -0.3 is 15.2 Å².